The highest BCUT2D eigenvalue weighted by molar-refractivity contribution is 7.12. The first kappa shape index (κ1) is 12.1. The molecule has 0 saturated heterocycles. The lowest BCUT2D eigenvalue weighted by molar-refractivity contribution is 0.218. The van der Waals surface area contributed by atoms with E-state index < -0.39 is 6.10 Å². The van der Waals surface area contributed by atoms with Gasteiger partial charge in [-0.3, -0.25) is 0 Å². The Kier molecular flexibility index (Phi) is 3.19. The number of aliphatic hydroxyl groups excluding tert-OH is 1. The second-order valence-corrected chi connectivity index (χ2v) is 5.69. The molecule has 0 aliphatic heterocycles. The topological polar surface area (TPSA) is 38.0 Å². The molecule has 0 aliphatic rings. The maximum Gasteiger partial charge on any atom is 0.132 e. The summed E-state index contributed by atoms with van der Waals surface area (Å²) in [5.41, 5.74) is 1.66. The highest BCUT2D eigenvalue weighted by Gasteiger charge is 2.15. The summed E-state index contributed by atoms with van der Waals surface area (Å²) < 4.78 is 1.78. The van der Waals surface area contributed by atoms with E-state index in [1.54, 1.807) is 16.0 Å². The molecule has 0 aliphatic carbocycles. The van der Waals surface area contributed by atoms with Gasteiger partial charge in [-0.15, -0.1) is 11.3 Å². The van der Waals surface area contributed by atoms with Crippen LogP contribution in [0.15, 0.2) is 54.7 Å². The first-order valence-corrected chi connectivity index (χ1v) is 6.91. The van der Waals surface area contributed by atoms with E-state index in [2.05, 4.69) is 5.10 Å². The van der Waals surface area contributed by atoms with Gasteiger partial charge < -0.3 is 5.11 Å². The molecule has 0 bridgehead atoms. The van der Waals surface area contributed by atoms with Crippen LogP contribution < -0.4 is 0 Å². The molecule has 1 unspecified atom stereocenters. The zero-order valence-electron chi connectivity index (χ0n) is 10.5. The molecule has 0 amide bonds. The Balaban J connectivity index is 1.89. The highest BCUT2D eigenvalue weighted by atomic mass is 32.1. The third kappa shape index (κ3) is 2.45. The molecule has 1 N–H and O–H groups in total. The average Bonchev–Trinajstić information content (AvgIpc) is 3.08. The van der Waals surface area contributed by atoms with Gasteiger partial charge in [-0.2, -0.15) is 5.10 Å². The van der Waals surface area contributed by atoms with Crippen LogP contribution in [0.25, 0.3) is 5.69 Å². The van der Waals surface area contributed by atoms with Crippen molar-refractivity contribution in [2.75, 3.05) is 0 Å². The summed E-state index contributed by atoms with van der Waals surface area (Å²) >= 11 is 1.60. The van der Waals surface area contributed by atoms with Gasteiger partial charge in [0, 0.05) is 16.0 Å². The van der Waals surface area contributed by atoms with Gasteiger partial charge in [0.05, 0.1) is 11.4 Å². The fourth-order valence-corrected chi connectivity index (χ4v) is 2.83. The van der Waals surface area contributed by atoms with E-state index in [0.29, 0.717) is 5.69 Å². The number of thiophene rings is 1. The molecule has 0 fully saturated rings. The van der Waals surface area contributed by atoms with E-state index in [0.717, 1.165) is 10.6 Å². The van der Waals surface area contributed by atoms with Gasteiger partial charge in [-0.25, -0.2) is 4.68 Å². The van der Waals surface area contributed by atoms with Crippen molar-refractivity contribution in [2.24, 2.45) is 0 Å². The number of aromatic nitrogens is 2. The number of aryl methyl sites for hydroxylation is 1. The summed E-state index contributed by atoms with van der Waals surface area (Å²) in [5, 5.41) is 14.7. The molecule has 1 aromatic carbocycles. The van der Waals surface area contributed by atoms with Crippen LogP contribution in [0.3, 0.4) is 0 Å². The van der Waals surface area contributed by atoms with E-state index in [1.807, 2.05) is 61.7 Å². The maximum absolute atomic E-state index is 10.3. The van der Waals surface area contributed by atoms with Crippen molar-refractivity contribution in [2.45, 2.75) is 13.0 Å². The SMILES string of the molecule is Cc1ccc(C(O)c2ccn(-c3ccccc3)n2)s1. The van der Waals surface area contributed by atoms with E-state index in [4.69, 9.17) is 0 Å². The zero-order valence-corrected chi connectivity index (χ0v) is 11.3. The standard InChI is InChI=1S/C15H14N2OS/c1-11-7-8-14(19-11)15(18)13-9-10-17(16-13)12-5-3-2-4-6-12/h2-10,15,18H,1H3. The molecule has 3 aromatic rings. The third-order valence-corrected chi connectivity index (χ3v) is 3.99. The van der Waals surface area contributed by atoms with Gasteiger partial charge in [0.1, 0.15) is 6.10 Å². The van der Waals surface area contributed by atoms with Crippen LogP contribution in [0.5, 0.6) is 0 Å². The Morgan fingerprint density at radius 3 is 2.58 bits per heavy atom. The summed E-state index contributed by atoms with van der Waals surface area (Å²) in [6, 6.07) is 15.7. The predicted molar refractivity (Wildman–Crippen MR) is 76.7 cm³/mol. The highest BCUT2D eigenvalue weighted by Crippen LogP contribution is 2.27. The average molecular weight is 270 g/mol. The zero-order chi connectivity index (χ0) is 13.2. The molecule has 96 valence electrons. The monoisotopic (exact) mass is 270 g/mol. The van der Waals surface area contributed by atoms with Gasteiger partial charge in [0.15, 0.2) is 0 Å². The van der Waals surface area contributed by atoms with Crippen molar-refractivity contribution in [3.63, 3.8) is 0 Å². The molecule has 0 radical (unpaired) electrons. The molecule has 2 heterocycles. The van der Waals surface area contributed by atoms with Gasteiger partial charge >= 0.3 is 0 Å². The number of hydrogen-bond acceptors (Lipinski definition) is 3. The van der Waals surface area contributed by atoms with Crippen molar-refractivity contribution in [3.05, 3.63) is 70.2 Å². The minimum absolute atomic E-state index is 0.649. The maximum atomic E-state index is 10.3. The first-order chi connectivity index (χ1) is 9.24. The molecular weight excluding hydrogens is 256 g/mol. The molecule has 3 rings (SSSR count). The van der Waals surface area contributed by atoms with E-state index in [1.165, 1.54) is 4.88 Å². The minimum atomic E-state index is -0.649. The Labute approximate surface area is 115 Å². The van der Waals surface area contributed by atoms with Crippen LogP contribution >= 0.6 is 11.3 Å². The number of nitrogens with zero attached hydrogens (tertiary/aromatic N) is 2. The predicted octanol–water partition coefficient (Wildman–Crippen LogP) is 3.32. The lowest BCUT2D eigenvalue weighted by atomic mass is 10.2. The van der Waals surface area contributed by atoms with E-state index in [9.17, 15) is 5.11 Å². The van der Waals surface area contributed by atoms with Crippen LogP contribution in [0.2, 0.25) is 0 Å². The Hall–Kier alpha value is -1.91. The quantitative estimate of drug-likeness (QED) is 0.792. The number of benzene rings is 1. The second-order valence-electron chi connectivity index (χ2n) is 4.37. The molecule has 19 heavy (non-hydrogen) atoms. The summed E-state index contributed by atoms with van der Waals surface area (Å²) in [6.07, 6.45) is 1.22. The largest absolute Gasteiger partial charge is 0.381 e. The number of hydrogen-bond donors (Lipinski definition) is 1. The van der Waals surface area contributed by atoms with Gasteiger partial charge in [-0.1, -0.05) is 18.2 Å². The van der Waals surface area contributed by atoms with Crippen molar-refractivity contribution >= 4 is 11.3 Å². The van der Waals surface area contributed by atoms with Crippen molar-refractivity contribution in [3.8, 4) is 5.69 Å². The van der Waals surface area contributed by atoms with Crippen LogP contribution in [-0.2, 0) is 0 Å². The summed E-state index contributed by atoms with van der Waals surface area (Å²) in [4.78, 5) is 2.12. The van der Waals surface area contributed by atoms with Crippen LogP contribution in [0.4, 0.5) is 0 Å². The Morgan fingerprint density at radius 2 is 1.89 bits per heavy atom. The van der Waals surface area contributed by atoms with Crippen molar-refractivity contribution in [1.82, 2.24) is 9.78 Å². The normalized spacial score (nSPS) is 12.5. The van der Waals surface area contributed by atoms with E-state index >= 15 is 0 Å². The summed E-state index contributed by atoms with van der Waals surface area (Å²) in [7, 11) is 0. The lowest BCUT2D eigenvalue weighted by Gasteiger charge is -2.05. The molecule has 0 spiro atoms. The first-order valence-electron chi connectivity index (χ1n) is 6.09. The minimum Gasteiger partial charge on any atom is -0.381 e. The van der Waals surface area contributed by atoms with E-state index in [-0.39, 0.29) is 0 Å². The van der Waals surface area contributed by atoms with Crippen LogP contribution in [0, 0.1) is 6.92 Å². The lowest BCUT2D eigenvalue weighted by Crippen LogP contribution is -2.01. The molecule has 1 atom stereocenters. The number of rotatable bonds is 3. The smallest absolute Gasteiger partial charge is 0.132 e. The molecule has 2 aromatic heterocycles. The summed E-state index contributed by atoms with van der Waals surface area (Å²) in [6.45, 7) is 2.03. The third-order valence-electron chi connectivity index (χ3n) is 2.94. The fourth-order valence-electron chi connectivity index (χ4n) is 1.95. The Bertz CT molecular complexity index is 672. The van der Waals surface area contributed by atoms with Gasteiger partial charge in [0.25, 0.3) is 0 Å². The second kappa shape index (κ2) is 4.99. The molecule has 4 heteroatoms. The number of para-hydroxylation sites is 1. The van der Waals surface area contributed by atoms with Crippen LogP contribution in [-0.4, -0.2) is 14.9 Å². The fraction of sp³-hybridized carbons (Fsp3) is 0.133. The van der Waals surface area contributed by atoms with Crippen molar-refractivity contribution < 1.29 is 5.11 Å². The van der Waals surface area contributed by atoms with Crippen molar-refractivity contribution in [1.29, 1.82) is 0 Å². The van der Waals surface area contributed by atoms with Crippen LogP contribution in [0.1, 0.15) is 21.6 Å². The Morgan fingerprint density at radius 1 is 1.11 bits per heavy atom. The van der Waals surface area contributed by atoms with Gasteiger partial charge in [-0.05, 0) is 37.3 Å². The van der Waals surface area contributed by atoms with Gasteiger partial charge in [0.2, 0.25) is 0 Å². The molecular formula is C15H14N2OS. The number of aliphatic hydroxyl groups is 1. The summed E-state index contributed by atoms with van der Waals surface area (Å²) in [5.74, 6) is 0. The molecule has 0 saturated carbocycles. The molecule has 3 nitrogen and oxygen atoms in total.